The van der Waals surface area contributed by atoms with E-state index in [2.05, 4.69) is 6.58 Å². The van der Waals surface area contributed by atoms with Crippen LogP contribution >= 0.6 is 0 Å². The molecule has 2 N–H and O–H groups in total. The molecule has 0 aliphatic rings. The molecule has 3 nitrogen and oxygen atoms in total. The maximum absolute atomic E-state index is 9.77. The van der Waals surface area contributed by atoms with Gasteiger partial charge in [0, 0.05) is 0 Å². The second-order valence-corrected chi connectivity index (χ2v) is 2.18. The fourth-order valence-electron chi connectivity index (χ4n) is 0.0861. The van der Waals surface area contributed by atoms with Gasteiger partial charge in [-0.15, -0.1) is 6.58 Å². The Kier molecular flexibility index (Phi) is 2.62. The van der Waals surface area contributed by atoms with Crippen LogP contribution < -0.4 is 5.73 Å². The Morgan fingerprint density at radius 1 is 1.71 bits per heavy atom. The van der Waals surface area contributed by atoms with Crippen LogP contribution in [0.25, 0.3) is 0 Å². The van der Waals surface area contributed by atoms with E-state index in [4.69, 9.17) is 5.73 Å². The van der Waals surface area contributed by atoms with Gasteiger partial charge in [-0.1, -0.05) is 6.08 Å². The summed E-state index contributed by atoms with van der Waals surface area (Å²) >= 11 is 0. The van der Waals surface area contributed by atoms with Crippen LogP contribution in [-0.2, 0) is 10.7 Å². The molecular weight excluding hydrogens is 114 g/mol. The predicted molar refractivity (Wildman–Crippen MR) is 28.5 cm³/mol. The van der Waals surface area contributed by atoms with Crippen molar-refractivity contribution in [2.45, 2.75) is 5.37 Å². The van der Waals surface area contributed by atoms with Gasteiger partial charge in [0.25, 0.3) is 0 Å². The van der Waals surface area contributed by atoms with E-state index < -0.39 is 16.1 Å². The highest BCUT2D eigenvalue weighted by molar-refractivity contribution is 7.73. The van der Waals surface area contributed by atoms with E-state index in [0.717, 1.165) is 0 Å². The maximum Gasteiger partial charge on any atom is 0.159 e. The first-order valence-corrected chi connectivity index (χ1v) is 2.94. The molecule has 0 heterocycles. The average Bonchev–Trinajstić information content (AvgIpc) is 1.65. The molecule has 1 unspecified atom stereocenters. The number of nitrogens with two attached hydrogens (primary N) is 1. The zero-order valence-electron chi connectivity index (χ0n) is 3.70. The lowest BCUT2D eigenvalue weighted by Gasteiger charge is -1.87. The highest BCUT2D eigenvalue weighted by atomic mass is 32.2. The predicted octanol–water partition coefficient (Wildman–Crippen LogP) is -0.931. The van der Waals surface area contributed by atoms with Gasteiger partial charge in [-0.25, -0.2) is 8.42 Å². The molecule has 4 heteroatoms. The van der Waals surface area contributed by atoms with E-state index in [1.165, 1.54) is 6.08 Å². The van der Waals surface area contributed by atoms with Crippen molar-refractivity contribution < 1.29 is 8.42 Å². The van der Waals surface area contributed by atoms with E-state index in [1.54, 1.807) is 0 Å². The first-order chi connectivity index (χ1) is 3.18. The van der Waals surface area contributed by atoms with E-state index in [1.807, 2.05) is 0 Å². The van der Waals surface area contributed by atoms with Crippen LogP contribution in [0.3, 0.4) is 0 Å². The van der Waals surface area contributed by atoms with Gasteiger partial charge in [0.15, 0.2) is 10.7 Å². The molecule has 0 aliphatic heterocycles. The second-order valence-electron chi connectivity index (χ2n) is 1.01. The monoisotopic (exact) mass is 121 g/mol. The van der Waals surface area contributed by atoms with Crippen LogP contribution in [0, 0.1) is 0 Å². The van der Waals surface area contributed by atoms with E-state index in [-0.39, 0.29) is 0 Å². The van der Waals surface area contributed by atoms with Gasteiger partial charge >= 0.3 is 0 Å². The summed E-state index contributed by atoms with van der Waals surface area (Å²) in [6.07, 6.45) is 1.17. The molecule has 0 aromatic heterocycles. The van der Waals surface area contributed by atoms with Crippen molar-refractivity contribution in [2.24, 2.45) is 5.73 Å². The summed E-state index contributed by atoms with van der Waals surface area (Å²) in [5.74, 6) is 0. The van der Waals surface area contributed by atoms with Crippen LogP contribution in [0.15, 0.2) is 12.7 Å². The van der Waals surface area contributed by atoms with Gasteiger partial charge in [0.1, 0.15) is 5.37 Å². The first-order valence-electron chi connectivity index (χ1n) is 1.70. The van der Waals surface area contributed by atoms with E-state index in [9.17, 15) is 8.42 Å². The largest absolute Gasteiger partial charge is 0.312 e. The molecule has 1 atom stereocenters. The van der Waals surface area contributed by atoms with Crippen LogP contribution in [-0.4, -0.2) is 13.8 Å². The Bertz CT molecular complexity index is 121. The Labute approximate surface area is 43.8 Å². The zero-order chi connectivity index (χ0) is 5.86. The van der Waals surface area contributed by atoms with Gasteiger partial charge in [-0.2, -0.15) is 0 Å². The molecule has 0 saturated heterocycles. The zero-order valence-corrected chi connectivity index (χ0v) is 4.60. The summed E-state index contributed by atoms with van der Waals surface area (Å²) in [7, 11) is -2.50. The van der Waals surface area contributed by atoms with Crippen molar-refractivity contribution in [1.82, 2.24) is 0 Å². The first kappa shape index (κ1) is 6.65. The van der Waals surface area contributed by atoms with Crippen molar-refractivity contribution in [1.29, 1.82) is 0 Å². The van der Waals surface area contributed by atoms with Crippen molar-refractivity contribution in [2.75, 3.05) is 0 Å². The van der Waals surface area contributed by atoms with Gasteiger partial charge in [-0.05, 0) is 0 Å². The van der Waals surface area contributed by atoms with E-state index >= 15 is 0 Å². The molecule has 0 aliphatic carbocycles. The lowest BCUT2D eigenvalue weighted by atomic mass is 10.7. The molecule has 0 radical (unpaired) electrons. The van der Waals surface area contributed by atoms with Crippen molar-refractivity contribution in [3.8, 4) is 0 Å². The number of rotatable bonds is 2. The van der Waals surface area contributed by atoms with Crippen LogP contribution in [0.1, 0.15) is 0 Å². The second kappa shape index (κ2) is 2.76. The normalized spacial score (nSPS) is 14.0. The third kappa shape index (κ3) is 2.36. The van der Waals surface area contributed by atoms with E-state index in [0.29, 0.717) is 0 Å². The lowest BCUT2D eigenvalue weighted by molar-refractivity contribution is 0.609. The Morgan fingerprint density at radius 2 is 2.14 bits per heavy atom. The van der Waals surface area contributed by atoms with Crippen molar-refractivity contribution in [3.05, 3.63) is 12.7 Å². The van der Waals surface area contributed by atoms with Crippen LogP contribution in [0.5, 0.6) is 0 Å². The maximum atomic E-state index is 9.77. The molecular formula is C3H7NO2S. The minimum Gasteiger partial charge on any atom is -0.312 e. The SMILES string of the molecule is C=CC(N)[SH](=O)=O. The molecule has 0 spiro atoms. The van der Waals surface area contributed by atoms with Crippen molar-refractivity contribution >= 4 is 10.7 Å². The molecule has 0 bridgehead atoms. The summed E-state index contributed by atoms with van der Waals surface area (Å²) in [6, 6.07) is 0. The molecule has 0 rings (SSSR count). The fraction of sp³-hybridized carbons (Fsp3) is 0.333. The van der Waals surface area contributed by atoms with Gasteiger partial charge in [-0.3, -0.25) is 0 Å². The van der Waals surface area contributed by atoms with Gasteiger partial charge < -0.3 is 5.73 Å². The Hall–Kier alpha value is -0.350. The molecule has 7 heavy (non-hydrogen) atoms. The summed E-state index contributed by atoms with van der Waals surface area (Å²) in [4.78, 5) is 0. The minimum absolute atomic E-state index is 0.880. The third-order valence-electron chi connectivity index (χ3n) is 0.485. The average molecular weight is 121 g/mol. The number of hydrogen-bond acceptors (Lipinski definition) is 3. The Balaban J connectivity index is 3.80. The molecule has 42 valence electrons. The third-order valence-corrected chi connectivity index (χ3v) is 1.18. The highest BCUT2D eigenvalue weighted by Crippen LogP contribution is 1.74. The molecule has 0 amide bonds. The fourth-order valence-corrected chi connectivity index (χ4v) is 0.258. The lowest BCUT2D eigenvalue weighted by Crippen LogP contribution is -2.17. The summed E-state index contributed by atoms with van der Waals surface area (Å²) in [6.45, 7) is 3.17. The smallest absolute Gasteiger partial charge is 0.159 e. The number of hydrogen-bond donors (Lipinski definition) is 2. The molecule has 0 aromatic rings. The standard InChI is InChI=1S/C3H7NO2S/c1-2-3(4)7(5)6/h2-3,7H,1,4H2. The molecule has 0 aromatic carbocycles. The summed E-state index contributed by atoms with van der Waals surface area (Å²) < 4.78 is 19.5. The highest BCUT2D eigenvalue weighted by Gasteiger charge is 1.92. The molecule has 0 fully saturated rings. The Morgan fingerprint density at radius 3 is 2.14 bits per heavy atom. The molecule has 0 saturated carbocycles. The van der Waals surface area contributed by atoms with Crippen molar-refractivity contribution in [3.63, 3.8) is 0 Å². The number of thiol groups is 1. The minimum atomic E-state index is -2.50. The summed E-state index contributed by atoms with van der Waals surface area (Å²) in [5, 5.41) is -0.880. The summed E-state index contributed by atoms with van der Waals surface area (Å²) in [5.41, 5.74) is 4.90. The quantitative estimate of drug-likeness (QED) is 0.366. The van der Waals surface area contributed by atoms with Crippen LogP contribution in [0.4, 0.5) is 0 Å². The topological polar surface area (TPSA) is 60.2 Å². The van der Waals surface area contributed by atoms with Gasteiger partial charge in [0.05, 0.1) is 0 Å². The van der Waals surface area contributed by atoms with Crippen LogP contribution in [0.2, 0.25) is 0 Å². The van der Waals surface area contributed by atoms with Gasteiger partial charge in [0.2, 0.25) is 0 Å².